The fraction of sp³-hybridized carbons (Fsp3) is 0.0909. The molecule has 0 aliphatic heterocycles. The van der Waals surface area contributed by atoms with E-state index in [2.05, 4.69) is 9.72 Å². The van der Waals surface area contributed by atoms with E-state index in [0.29, 0.717) is 11.3 Å². The molecule has 0 saturated heterocycles. The van der Waals surface area contributed by atoms with E-state index in [0.717, 1.165) is 9.24 Å². The van der Waals surface area contributed by atoms with Crippen LogP contribution in [0.25, 0.3) is 0 Å². The van der Waals surface area contributed by atoms with Crippen molar-refractivity contribution in [2.75, 3.05) is 12.8 Å². The summed E-state index contributed by atoms with van der Waals surface area (Å²) < 4.78 is 5.59. The Bertz CT molecular complexity index is 526. The number of anilines is 1. The van der Waals surface area contributed by atoms with Crippen LogP contribution in [0.5, 0.6) is 0 Å². The minimum atomic E-state index is -0.427. The summed E-state index contributed by atoms with van der Waals surface area (Å²) in [6, 6.07) is 5.27. The molecule has 0 radical (unpaired) electrons. The zero-order chi connectivity index (χ0) is 12.3. The first-order valence-electron chi connectivity index (χ1n) is 4.76. The quantitative estimate of drug-likeness (QED) is 0.683. The number of carbonyl (C=O) groups is 1. The molecule has 2 N–H and O–H groups in total. The maximum absolute atomic E-state index is 11.5. The van der Waals surface area contributed by atoms with Gasteiger partial charge in [0.15, 0.2) is 4.34 Å². The van der Waals surface area contributed by atoms with Gasteiger partial charge in [0, 0.05) is 22.2 Å². The third kappa shape index (κ3) is 2.78. The van der Waals surface area contributed by atoms with Crippen LogP contribution in [0.1, 0.15) is 10.4 Å². The molecule has 88 valence electrons. The van der Waals surface area contributed by atoms with E-state index in [1.807, 2.05) is 11.4 Å². The van der Waals surface area contributed by atoms with Crippen molar-refractivity contribution in [2.24, 2.45) is 0 Å². The number of methoxy groups -OCH3 is 1. The van der Waals surface area contributed by atoms with E-state index >= 15 is 0 Å². The Labute approximate surface area is 107 Å². The molecule has 1 heterocycles. The molecular formula is C11H10N2O2S2. The molecule has 0 bridgehead atoms. The lowest BCUT2D eigenvalue weighted by molar-refractivity contribution is 0.0601. The number of benzene rings is 1. The highest BCUT2D eigenvalue weighted by Gasteiger charge is 2.11. The van der Waals surface area contributed by atoms with Crippen LogP contribution in [0.3, 0.4) is 0 Å². The van der Waals surface area contributed by atoms with Gasteiger partial charge in [0.2, 0.25) is 0 Å². The monoisotopic (exact) mass is 266 g/mol. The van der Waals surface area contributed by atoms with Crippen molar-refractivity contribution in [2.45, 2.75) is 9.24 Å². The van der Waals surface area contributed by atoms with Crippen LogP contribution in [-0.4, -0.2) is 18.1 Å². The van der Waals surface area contributed by atoms with Crippen LogP contribution >= 0.6 is 23.1 Å². The number of hydrogen-bond donors (Lipinski definition) is 1. The summed E-state index contributed by atoms with van der Waals surface area (Å²) in [7, 11) is 1.34. The largest absolute Gasteiger partial charge is 0.465 e. The summed E-state index contributed by atoms with van der Waals surface area (Å²) >= 11 is 3.04. The van der Waals surface area contributed by atoms with Gasteiger partial charge in [-0.15, -0.1) is 11.3 Å². The lowest BCUT2D eigenvalue weighted by atomic mass is 10.2. The van der Waals surface area contributed by atoms with Crippen LogP contribution in [-0.2, 0) is 4.74 Å². The zero-order valence-electron chi connectivity index (χ0n) is 9.04. The van der Waals surface area contributed by atoms with Gasteiger partial charge in [-0.1, -0.05) is 11.8 Å². The van der Waals surface area contributed by atoms with Crippen LogP contribution in [0, 0.1) is 0 Å². The van der Waals surface area contributed by atoms with E-state index < -0.39 is 5.97 Å². The van der Waals surface area contributed by atoms with Gasteiger partial charge in [-0.2, -0.15) is 0 Å². The first-order chi connectivity index (χ1) is 8.20. The van der Waals surface area contributed by atoms with Gasteiger partial charge < -0.3 is 10.5 Å². The van der Waals surface area contributed by atoms with Crippen LogP contribution in [0.2, 0.25) is 0 Å². The highest BCUT2D eigenvalue weighted by Crippen LogP contribution is 2.31. The van der Waals surface area contributed by atoms with Crippen LogP contribution in [0.4, 0.5) is 5.69 Å². The molecule has 1 aromatic carbocycles. The maximum Gasteiger partial charge on any atom is 0.339 e. The fourth-order valence-electron chi connectivity index (χ4n) is 1.25. The number of aromatic nitrogens is 1. The van der Waals surface area contributed by atoms with E-state index in [1.54, 1.807) is 29.7 Å². The molecule has 17 heavy (non-hydrogen) atoms. The zero-order valence-corrected chi connectivity index (χ0v) is 10.7. The number of nitrogens with two attached hydrogens (primary N) is 1. The Balaban J connectivity index is 2.28. The fourth-order valence-corrected chi connectivity index (χ4v) is 2.88. The molecule has 0 unspecified atom stereocenters. The highest BCUT2D eigenvalue weighted by molar-refractivity contribution is 8.01. The number of hydrogen-bond acceptors (Lipinski definition) is 6. The minimum absolute atomic E-state index is 0.383. The molecule has 0 atom stereocenters. The van der Waals surface area contributed by atoms with Crippen molar-refractivity contribution >= 4 is 34.8 Å². The summed E-state index contributed by atoms with van der Waals surface area (Å²) in [4.78, 5) is 16.5. The average molecular weight is 266 g/mol. The molecule has 0 amide bonds. The molecule has 0 aliphatic rings. The average Bonchev–Trinajstić information content (AvgIpc) is 2.83. The van der Waals surface area contributed by atoms with Crippen molar-refractivity contribution in [1.29, 1.82) is 0 Å². The van der Waals surface area contributed by atoms with Gasteiger partial charge in [-0.3, -0.25) is 0 Å². The third-order valence-corrected chi connectivity index (χ3v) is 3.92. The molecule has 0 saturated carbocycles. The Morgan fingerprint density at radius 2 is 2.35 bits per heavy atom. The standard InChI is InChI=1S/C11H10N2O2S2/c1-15-10(14)8-6-7(2-3-9(8)12)17-11-13-4-5-16-11/h2-6H,12H2,1H3. The number of ether oxygens (including phenoxy) is 1. The molecule has 4 nitrogen and oxygen atoms in total. The molecular weight excluding hydrogens is 256 g/mol. The first kappa shape index (κ1) is 11.9. The summed E-state index contributed by atoms with van der Waals surface area (Å²) in [6.07, 6.45) is 1.74. The van der Waals surface area contributed by atoms with Gasteiger partial charge in [-0.25, -0.2) is 9.78 Å². The number of nitrogens with zero attached hydrogens (tertiary/aromatic N) is 1. The van der Waals surface area contributed by atoms with E-state index in [4.69, 9.17) is 5.73 Å². The molecule has 0 spiro atoms. The second kappa shape index (κ2) is 5.20. The van der Waals surface area contributed by atoms with E-state index in [-0.39, 0.29) is 0 Å². The lowest BCUT2D eigenvalue weighted by Crippen LogP contribution is -2.05. The molecule has 0 fully saturated rings. The van der Waals surface area contributed by atoms with Gasteiger partial charge in [0.05, 0.1) is 12.7 Å². The van der Waals surface area contributed by atoms with E-state index in [1.165, 1.54) is 18.9 Å². The minimum Gasteiger partial charge on any atom is -0.465 e. The second-order valence-corrected chi connectivity index (χ2v) is 5.36. The van der Waals surface area contributed by atoms with Crippen molar-refractivity contribution in [3.05, 3.63) is 35.3 Å². The predicted molar refractivity (Wildman–Crippen MR) is 68.4 cm³/mol. The Kier molecular flexibility index (Phi) is 3.65. The van der Waals surface area contributed by atoms with Crippen molar-refractivity contribution in [3.8, 4) is 0 Å². The molecule has 0 aliphatic carbocycles. The number of rotatable bonds is 3. The first-order valence-corrected chi connectivity index (χ1v) is 6.45. The lowest BCUT2D eigenvalue weighted by Gasteiger charge is -2.05. The molecule has 2 rings (SSSR count). The van der Waals surface area contributed by atoms with Crippen LogP contribution in [0.15, 0.2) is 39.0 Å². The summed E-state index contributed by atoms with van der Waals surface area (Å²) in [5.41, 5.74) is 6.52. The van der Waals surface area contributed by atoms with Crippen LogP contribution < -0.4 is 5.73 Å². The SMILES string of the molecule is COC(=O)c1cc(Sc2nccs2)ccc1N. The number of carbonyl (C=O) groups excluding carboxylic acids is 1. The number of esters is 1. The van der Waals surface area contributed by atoms with Crippen molar-refractivity contribution < 1.29 is 9.53 Å². The molecule has 2 aromatic rings. The summed E-state index contributed by atoms with van der Waals surface area (Å²) in [5, 5.41) is 1.90. The van der Waals surface area contributed by atoms with Crippen molar-refractivity contribution in [1.82, 2.24) is 4.98 Å². The predicted octanol–water partition coefficient (Wildman–Crippen LogP) is 2.66. The van der Waals surface area contributed by atoms with E-state index in [9.17, 15) is 4.79 Å². The summed E-state index contributed by atoms with van der Waals surface area (Å²) in [5.74, 6) is -0.427. The normalized spacial score (nSPS) is 10.2. The maximum atomic E-state index is 11.5. The van der Waals surface area contributed by atoms with Gasteiger partial charge >= 0.3 is 5.97 Å². The number of thiazole rings is 1. The Morgan fingerprint density at radius 1 is 1.53 bits per heavy atom. The topological polar surface area (TPSA) is 65.2 Å². The smallest absolute Gasteiger partial charge is 0.339 e. The van der Waals surface area contributed by atoms with Crippen molar-refractivity contribution in [3.63, 3.8) is 0 Å². The van der Waals surface area contributed by atoms with Gasteiger partial charge in [-0.05, 0) is 18.2 Å². The molecule has 6 heteroatoms. The summed E-state index contributed by atoms with van der Waals surface area (Å²) in [6.45, 7) is 0. The third-order valence-electron chi connectivity index (χ3n) is 2.04. The number of nitrogen functional groups attached to an aromatic ring is 1. The molecule has 1 aromatic heterocycles. The van der Waals surface area contributed by atoms with Gasteiger partial charge in [0.1, 0.15) is 0 Å². The van der Waals surface area contributed by atoms with Gasteiger partial charge in [0.25, 0.3) is 0 Å². The highest BCUT2D eigenvalue weighted by atomic mass is 32.2. The second-order valence-electron chi connectivity index (χ2n) is 3.14. The Hall–Kier alpha value is -1.53. The Morgan fingerprint density at radius 3 is 3.00 bits per heavy atom.